The second-order valence-corrected chi connectivity index (χ2v) is 4.83. The SMILES string of the molecule is Cc1cccc(NC(=O)Nc2sccc2C(=O)O)c1. The summed E-state index contributed by atoms with van der Waals surface area (Å²) in [7, 11) is 0. The van der Waals surface area contributed by atoms with E-state index in [4.69, 9.17) is 5.11 Å². The van der Waals surface area contributed by atoms with Gasteiger partial charge in [-0.25, -0.2) is 9.59 Å². The number of urea groups is 1. The predicted molar refractivity (Wildman–Crippen MR) is 75.1 cm³/mol. The molecule has 2 amide bonds. The van der Waals surface area contributed by atoms with Crippen LogP contribution in [0.15, 0.2) is 35.7 Å². The van der Waals surface area contributed by atoms with E-state index in [9.17, 15) is 9.59 Å². The molecule has 0 radical (unpaired) electrons. The van der Waals surface area contributed by atoms with Crippen molar-refractivity contribution in [3.05, 3.63) is 46.8 Å². The Labute approximate surface area is 113 Å². The molecule has 3 N–H and O–H groups in total. The molecule has 2 aromatic rings. The molecule has 19 heavy (non-hydrogen) atoms. The first kappa shape index (κ1) is 13.1. The Balaban J connectivity index is 2.05. The normalized spacial score (nSPS) is 9.95. The summed E-state index contributed by atoms with van der Waals surface area (Å²) in [4.78, 5) is 22.7. The zero-order chi connectivity index (χ0) is 13.8. The van der Waals surface area contributed by atoms with Crippen molar-refractivity contribution in [3.8, 4) is 0 Å². The molecular formula is C13H12N2O3S. The van der Waals surface area contributed by atoms with Crippen molar-refractivity contribution in [2.24, 2.45) is 0 Å². The van der Waals surface area contributed by atoms with Crippen LogP contribution in [0.4, 0.5) is 15.5 Å². The van der Waals surface area contributed by atoms with Crippen molar-refractivity contribution in [3.63, 3.8) is 0 Å². The van der Waals surface area contributed by atoms with E-state index >= 15 is 0 Å². The Bertz CT molecular complexity index is 622. The van der Waals surface area contributed by atoms with Gasteiger partial charge in [0.05, 0.1) is 5.56 Å². The van der Waals surface area contributed by atoms with Crippen LogP contribution in [-0.2, 0) is 0 Å². The molecule has 0 saturated carbocycles. The number of rotatable bonds is 3. The van der Waals surface area contributed by atoms with Gasteiger partial charge in [-0.1, -0.05) is 12.1 Å². The van der Waals surface area contributed by atoms with E-state index in [1.807, 2.05) is 25.1 Å². The third-order valence-electron chi connectivity index (χ3n) is 2.40. The third kappa shape index (κ3) is 3.32. The minimum Gasteiger partial charge on any atom is -0.478 e. The van der Waals surface area contributed by atoms with E-state index in [0.717, 1.165) is 5.56 Å². The molecule has 0 saturated heterocycles. The third-order valence-corrected chi connectivity index (χ3v) is 3.23. The molecule has 1 aromatic carbocycles. The Kier molecular flexibility index (Phi) is 3.82. The Hall–Kier alpha value is -2.34. The molecule has 0 bridgehead atoms. The monoisotopic (exact) mass is 276 g/mol. The molecule has 0 aliphatic carbocycles. The van der Waals surface area contributed by atoms with Gasteiger partial charge >= 0.3 is 12.0 Å². The van der Waals surface area contributed by atoms with Gasteiger partial charge < -0.3 is 10.4 Å². The number of carboxylic acids is 1. The standard InChI is InChI=1S/C13H12N2O3S/c1-8-3-2-4-9(7-8)14-13(18)15-11-10(12(16)17)5-6-19-11/h2-7H,1H3,(H,16,17)(H2,14,15,18). The number of aryl methyl sites for hydroxylation is 1. The van der Waals surface area contributed by atoms with Gasteiger partial charge in [-0.3, -0.25) is 5.32 Å². The molecule has 98 valence electrons. The van der Waals surface area contributed by atoms with Gasteiger partial charge in [0, 0.05) is 5.69 Å². The molecule has 1 aromatic heterocycles. The topological polar surface area (TPSA) is 78.4 Å². The summed E-state index contributed by atoms with van der Waals surface area (Å²) < 4.78 is 0. The number of benzene rings is 1. The van der Waals surface area contributed by atoms with E-state index in [0.29, 0.717) is 10.7 Å². The molecule has 0 aliphatic heterocycles. The van der Waals surface area contributed by atoms with Crippen LogP contribution in [0.3, 0.4) is 0 Å². The van der Waals surface area contributed by atoms with Crippen LogP contribution < -0.4 is 10.6 Å². The molecule has 0 aliphatic rings. The summed E-state index contributed by atoms with van der Waals surface area (Å²) in [5.41, 5.74) is 1.77. The van der Waals surface area contributed by atoms with Gasteiger partial charge in [0.25, 0.3) is 0 Å². The molecule has 0 fully saturated rings. The van der Waals surface area contributed by atoms with E-state index in [-0.39, 0.29) is 5.56 Å². The van der Waals surface area contributed by atoms with E-state index in [1.54, 1.807) is 11.4 Å². The average molecular weight is 276 g/mol. The fraction of sp³-hybridized carbons (Fsp3) is 0.0769. The van der Waals surface area contributed by atoms with Crippen LogP contribution in [0, 0.1) is 6.92 Å². The van der Waals surface area contributed by atoms with Crippen molar-refractivity contribution in [1.82, 2.24) is 0 Å². The lowest BCUT2D eigenvalue weighted by Gasteiger charge is -2.07. The van der Waals surface area contributed by atoms with E-state index < -0.39 is 12.0 Å². The zero-order valence-corrected chi connectivity index (χ0v) is 11.0. The minimum atomic E-state index is -1.06. The van der Waals surface area contributed by atoms with Gasteiger partial charge in [0.15, 0.2) is 0 Å². The second-order valence-electron chi connectivity index (χ2n) is 3.92. The molecule has 2 rings (SSSR count). The highest BCUT2D eigenvalue weighted by Crippen LogP contribution is 2.23. The van der Waals surface area contributed by atoms with Crippen molar-refractivity contribution in [2.75, 3.05) is 10.6 Å². The van der Waals surface area contributed by atoms with Crippen LogP contribution in [0.5, 0.6) is 0 Å². The molecule has 0 spiro atoms. The molecule has 5 nitrogen and oxygen atoms in total. The van der Waals surface area contributed by atoms with Crippen molar-refractivity contribution in [1.29, 1.82) is 0 Å². The number of nitrogens with one attached hydrogen (secondary N) is 2. The lowest BCUT2D eigenvalue weighted by Crippen LogP contribution is -2.20. The second kappa shape index (κ2) is 5.53. The Morgan fingerprint density at radius 2 is 2.00 bits per heavy atom. The van der Waals surface area contributed by atoms with Gasteiger partial charge in [-0.05, 0) is 36.1 Å². The number of hydrogen-bond acceptors (Lipinski definition) is 3. The maximum atomic E-state index is 11.8. The fourth-order valence-electron chi connectivity index (χ4n) is 1.56. The van der Waals surface area contributed by atoms with Crippen LogP contribution in [0.2, 0.25) is 0 Å². The number of carboxylic acid groups (broad SMARTS) is 1. The minimum absolute atomic E-state index is 0.0874. The lowest BCUT2D eigenvalue weighted by molar-refractivity contribution is 0.0698. The first-order valence-corrected chi connectivity index (χ1v) is 6.39. The van der Waals surface area contributed by atoms with Crippen LogP contribution >= 0.6 is 11.3 Å². The number of hydrogen-bond donors (Lipinski definition) is 3. The van der Waals surface area contributed by atoms with Crippen molar-refractivity contribution < 1.29 is 14.7 Å². The van der Waals surface area contributed by atoms with Gasteiger partial charge in [0.1, 0.15) is 5.00 Å². The molecule has 6 heteroatoms. The maximum absolute atomic E-state index is 11.8. The summed E-state index contributed by atoms with van der Waals surface area (Å²) >= 11 is 1.17. The highest BCUT2D eigenvalue weighted by Gasteiger charge is 2.13. The number of aromatic carboxylic acids is 1. The van der Waals surface area contributed by atoms with Crippen molar-refractivity contribution >= 4 is 34.0 Å². The largest absolute Gasteiger partial charge is 0.478 e. The Morgan fingerprint density at radius 1 is 1.21 bits per heavy atom. The van der Waals surface area contributed by atoms with Gasteiger partial charge in [0.2, 0.25) is 0 Å². The number of thiophene rings is 1. The zero-order valence-electron chi connectivity index (χ0n) is 10.1. The maximum Gasteiger partial charge on any atom is 0.338 e. The number of carbonyl (C=O) groups is 2. The number of anilines is 2. The molecule has 0 unspecified atom stereocenters. The smallest absolute Gasteiger partial charge is 0.338 e. The van der Waals surface area contributed by atoms with Crippen molar-refractivity contribution in [2.45, 2.75) is 6.92 Å². The average Bonchev–Trinajstić information content (AvgIpc) is 2.76. The highest BCUT2D eigenvalue weighted by molar-refractivity contribution is 7.14. The van der Waals surface area contributed by atoms with Gasteiger partial charge in [-0.2, -0.15) is 0 Å². The molecule has 1 heterocycles. The predicted octanol–water partition coefficient (Wildman–Crippen LogP) is 3.40. The van der Waals surface area contributed by atoms with Crippen LogP contribution in [0.1, 0.15) is 15.9 Å². The summed E-state index contributed by atoms with van der Waals surface area (Å²) in [5, 5.41) is 16.0. The highest BCUT2D eigenvalue weighted by atomic mass is 32.1. The fourth-order valence-corrected chi connectivity index (χ4v) is 2.34. The number of carbonyl (C=O) groups excluding carboxylic acids is 1. The first-order valence-electron chi connectivity index (χ1n) is 5.52. The summed E-state index contributed by atoms with van der Waals surface area (Å²) in [6, 6.07) is 8.33. The van der Waals surface area contributed by atoms with Gasteiger partial charge in [-0.15, -0.1) is 11.3 Å². The summed E-state index contributed by atoms with van der Waals surface area (Å²) in [6.07, 6.45) is 0. The molecular weight excluding hydrogens is 264 g/mol. The quantitative estimate of drug-likeness (QED) is 0.804. The summed E-state index contributed by atoms with van der Waals surface area (Å²) in [5.74, 6) is -1.06. The number of amides is 2. The van der Waals surface area contributed by atoms with E-state index in [2.05, 4.69) is 10.6 Å². The van der Waals surface area contributed by atoms with Crippen LogP contribution in [-0.4, -0.2) is 17.1 Å². The summed E-state index contributed by atoms with van der Waals surface area (Å²) in [6.45, 7) is 1.92. The molecule has 0 atom stereocenters. The lowest BCUT2D eigenvalue weighted by atomic mass is 10.2. The van der Waals surface area contributed by atoms with Crippen LogP contribution in [0.25, 0.3) is 0 Å². The Morgan fingerprint density at radius 3 is 2.68 bits per heavy atom. The van der Waals surface area contributed by atoms with E-state index in [1.165, 1.54) is 17.4 Å². The first-order chi connectivity index (χ1) is 9.06.